The number of fused-ring (bicyclic) bond motifs is 2. The molecule has 2 atom stereocenters. The van der Waals surface area contributed by atoms with E-state index in [-0.39, 0.29) is 5.97 Å². The van der Waals surface area contributed by atoms with Gasteiger partial charge in [0.2, 0.25) is 0 Å². The quantitative estimate of drug-likeness (QED) is 0.723. The van der Waals surface area contributed by atoms with Crippen molar-refractivity contribution in [3.63, 3.8) is 0 Å². The zero-order valence-electron chi connectivity index (χ0n) is 14.8. The molecule has 1 saturated carbocycles. The highest BCUT2D eigenvalue weighted by Gasteiger charge is 2.75. The SMILES string of the molecule is CCC(C)(C)C(=O)OCC(=O)OC12CCC(C)(C(=O)O1)C2(C)C. The van der Waals surface area contributed by atoms with E-state index in [1.165, 1.54) is 0 Å². The molecule has 6 nitrogen and oxygen atoms in total. The Kier molecular flexibility index (Phi) is 4.02. The largest absolute Gasteiger partial charge is 0.453 e. The van der Waals surface area contributed by atoms with Gasteiger partial charge in [0.15, 0.2) is 6.61 Å². The van der Waals surface area contributed by atoms with E-state index in [0.717, 1.165) is 0 Å². The molecular formula is C17H26O6. The molecular weight excluding hydrogens is 300 g/mol. The molecule has 0 radical (unpaired) electrons. The molecule has 2 aliphatic rings. The van der Waals surface area contributed by atoms with Gasteiger partial charge in [0.05, 0.1) is 16.2 Å². The first-order chi connectivity index (χ1) is 10.4. The number of hydrogen-bond acceptors (Lipinski definition) is 6. The van der Waals surface area contributed by atoms with E-state index in [1.807, 2.05) is 27.7 Å². The van der Waals surface area contributed by atoms with Crippen molar-refractivity contribution in [3.05, 3.63) is 0 Å². The van der Waals surface area contributed by atoms with Gasteiger partial charge in [-0.25, -0.2) is 4.79 Å². The van der Waals surface area contributed by atoms with Crippen LogP contribution in [0.3, 0.4) is 0 Å². The molecule has 0 aromatic rings. The van der Waals surface area contributed by atoms with Gasteiger partial charge in [-0.05, 0) is 33.6 Å². The van der Waals surface area contributed by atoms with Gasteiger partial charge >= 0.3 is 17.9 Å². The smallest absolute Gasteiger partial charge is 0.347 e. The lowest BCUT2D eigenvalue weighted by atomic mass is 9.69. The second kappa shape index (κ2) is 5.21. The lowest BCUT2D eigenvalue weighted by Crippen LogP contribution is -2.45. The van der Waals surface area contributed by atoms with Crippen LogP contribution in [0, 0.1) is 16.2 Å². The standard InChI is InChI=1S/C17H26O6/c1-7-14(2,3)12(19)21-10-11(18)22-17-9-8-16(6,13(20)23-17)15(17,4)5/h7-10H2,1-6H3. The van der Waals surface area contributed by atoms with Gasteiger partial charge in [0.25, 0.3) is 5.79 Å². The first-order valence-corrected chi connectivity index (χ1v) is 8.04. The summed E-state index contributed by atoms with van der Waals surface area (Å²) in [5.74, 6) is -2.75. The zero-order valence-corrected chi connectivity index (χ0v) is 14.8. The summed E-state index contributed by atoms with van der Waals surface area (Å²) in [6, 6.07) is 0. The highest BCUT2D eigenvalue weighted by atomic mass is 16.7. The normalized spacial score (nSPS) is 31.7. The van der Waals surface area contributed by atoms with Gasteiger partial charge in [-0.2, -0.15) is 0 Å². The number of hydrogen-bond donors (Lipinski definition) is 0. The van der Waals surface area contributed by atoms with Crippen LogP contribution < -0.4 is 0 Å². The number of esters is 3. The van der Waals surface area contributed by atoms with Gasteiger partial charge in [-0.1, -0.05) is 20.8 Å². The maximum absolute atomic E-state index is 12.1. The molecule has 0 aromatic carbocycles. The number of rotatable bonds is 5. The van der Waals surface area contributed by atoms with Crippen molar-refractivity contribution in [3.8, 4) is 0 Å². The summed E-state index contributed by atoms with van der Waals surface area (Å²) in [5.41, 5.74) is -1.93. The molecule has 2 rings (SSSR count). The summed E-state index contributed by atoms with van der Waals surface area (Å²) in [6.45, 7) is 10.5. The minimum Gasteiger partial charge on any atom is -0.453 e. The zero-order chi connectivity index (χ0) is 17.7. The Hall–Kier alpha value is -1.59. The number of carbonyl (C=O) groups excluding carboxylic acids is 3. The Balaban J connectivity index is 2.02. The van der Waals surface area contributed by atoms with Gasteiger partial charge in [0.1, 0.15) is 0 Å². The van der Waals surface area contributed by atoms with E-state index in [4.69, 9.17) is 14.2 Å². The lowest BCUT2D eigenvalue weighted by Gasteiger charge is -2.35. The van der Waals surface area contributed by atoms with Gasteiger partial charge in [-0.15, -0.1) is 0 Å². The fraction of sp³-hybridized carbons (Fsp3) is 0.824. The summed E-state index contributed by atoms with van der Waals surface area (Å²) in [6.07, 6.45) is 1.67. The van der Waals surface area contributed by atoms with Crippen LogP contribution in [0.4, 0.5) is 0 Å². The fourth-order valence-electron chi connectivity index (χ4n) is 3.14. The van der Waals surface area contributed by atoms with Crippen LogP contribution in [0.25, 0.3) is 0 Å². The lowest BCUT2D eigenvalue weighted by molar-refractivity contribution is -0.241. The molecule has 1 aliphatic heterocycles. The molecule has 1 heterocycles. The van der Waals surface area contributed by atoms with Crippen molar-refractivity contribution >= 4 is 17.9 Å². The van der Waals surface area contributed by atoms with Crippen molar-refractivity contribution in [1.29, 1.82) is 0 Å². The van der Waals surface area contributed by atoms with E-state index in [2.05, 4.69) is 0 Å². The molecule has 0 amide bonds. The van der Waals surface area contributed by atoms with Gasteiger partial charge in [0, 0.05) is 6.42 Å². The molecule has 1 saturated heterocycles. The first-order valence-electron chi connectivity index (χ1n) is 8.04. The summed E-state index contributed by atoms with van der Waals surface area (Å²) in [7, 11) is 0. The van der Waals surface area contributed by atoms with Crippen LogP contribution in [0.2, 0.25) is 0 Å². The summed E-state index contributed by atoms with van der Waals surface area (Å²) < 4.78 is 15.9. The van der Waals surface area contributed by atoms with Crippen LogP contribution >= 0.6 is 0 Å². The molecule has 2 unspecified atom stereocenters. The monoisotopic (exact) mass is 326 g/mol. The minimum absolute atomic E-state index is 0.342. The van der Waals surface area contributed by atoms with E-state index in [9.17, 15) is 14.4 Å². The first kappa shape index (κ1) is 17.8. The maximum atomic E-state index is 12.1. The van der Waals surface area contributed by atoms with Crippen LogP contribution in [-0.2, 0) is 28.6 Å². The molecule has 1 aliphatic carbocycles. The van der Waals surface area contributed by atoms with Crippen LogP contribution in [0.1, 0.15) is 60.8 Å². The third-order valence-electron chi connectivity index (χ3n) is 6.03. The van der Waals surface area contributed by atoms with Crippen LogP contribution in [0.5, 0.6) is 0 Å². The van der Waals surface area contributed by atoms with Crippen molar-refractivity contribution < 1.29 is 28.6 Å². The number of carbonyl (C=O) groups is 3. The van der Waals surface area contributed by atoms with Crippen molar-refractivity contribution in [2.75, 3.05) is 6.61 Å². The Labute approximate surface area is 136 Å². The van der Waals surface area contributed by atoms with Gasteiger partial charge < -0.3 is 14.2 Å². The molecule has 0 aromatic heterocycles. The summed E-state index contributed by atoms with van der Waals surface area (Å²) >= 11 is 0. The van der Waals surface area contributed by atoms with E-state index < -0.39 is 40.6 Å². The van der Waals surface area contributed by atoms with Gasteiger partial charge in [-0.3, -0.25) is 9.59 Å². The Morgan fingerprint density at radius 1 is 1.22 bits per heavy atom. The van der Waals surface area contributed by atoms with Crippen molar-refractivity contribution in [2.24, 2.45) is 16.2 Å². The Morgan fingerprint density at radius 3 is 2.26 bits per heavy atom. The van der Waals surface area contributed by atoms with E-state index >= 15 is 0 Å². The molecule has 6 heteroatoms. The van der Waals surface area contributed by atoms with Crippen molar-refractivity contribution in [2.45, 2.75) is 66.6 Å². The summed E-state index contributed by atoms with van der Waals surface area (Å²) in [5, 5.41) is 0. The molecule has 0 N–H and O–H groups in total. The number of ether oxygens (including phenoxy) is 3. The average molecular weight is 326 g/mol. The van der Waals surface area contributed by atoms with Crippen molar-refractivity contribution in [1.82, 2.24) is 0 Å². The topological polar surface area (TPSA) is 78.9 Å². The molecule has 0 spiro atoms. The Morgan fingerprint density at radius 2 is 1.83 bits per heavy atom. The highest BCUT2D eigenvalue weighted by molar-refractivity contribution is 5.83. The van der Waals surface area contributed by atoms with E-state index in [0.29, 0.717) is 19.3 Å². The predicted octanol–water partition coefficient (Wildman–Crippen LogP) is 2.59. The second-order valence-electron chi connectivity index (χ2n) is 7.89. The third kappa shape index (κ3) is 2.42. The van der Waals surface area contributed by atoms with Crippen LogP contribution in [0.15, 0.2) is 0 Å². The molecule has 23 heavy (non-hydrogen) atoms. The second-order valence-corrected chi connectivity index (χ2v) is 7.89. The predicted molar refractivity (Wildman–Crippen MR) is 81.1 cm³/mol. The fourth-order valence-corrected chi connectivity index (χ4v) is 3.14. The maximum Gasteiger partial charge on any atom is 0.347 e. The van der Waals surface area contributed by atoms with E-state index in [1.54, 1.807) is 13.8 Å². The summed E-state index contributed by atoms with van der Waals surface area (Å²) in [4.78, 5) is 36.1. The average Bonchev–Trinajstić information content (AvgIpc) is 2.74. The molecule has 2 bridgehead atoms. The minimum atomic E-state index is -1.26. The molecule has 130 valence electrons. The molecule has 2 fully saturated rings. The van der Waals surface area contributed by atoms with Crippen LogP contribution in [-0.4, -0.2) is 30.3 Å². The highest BCUT2D eigenvalue weighted by Crippen LogP contribution is 2.65. The third-order valence-corrected chi connectivity index (χ3v) is 6.03. The Bertz CT molecular complexity index is 549.